The molecule has 0 saturated carbocycles. The second-order valence-corrected chi connectivity index (χ2v) is 4.75. The highest BCUT2D eigenvalue weighted by Gasteiger charge is 2.20. The normalized spacial score (nSPS) is 11.9. The number of hydrogen-bond donors (Lipinski definition) is 1. The standard InChI is InChI=1S/C15H21NO3/c1-3-7-14(17)16(10-12(2)15(18)19)11-13-8-5-4-6-9-13/h4-6,8-9,12H,3,7,10-11H2,1-2H3,(H,18,19). The molecule has 0 spiro atoms. The molecule has 0 fully saturated rings. The Morgan fingerprint density at radius 1 is 1.26 bits per heavy atom. The number of carboxylic acid groups (broad SMARTS) is 1. The molecule has 1 rings (SSSR count). The van der Waals surface area contributed by atoms with Crippen molar-refractivity contribution < 1.29 is 14.7 Å². The third-order valence-electron chi connectivity index (χ3n) is 2.95. The monoisotopic (exact) mass is 263 g/mol. The van der Waals surface area contributed by atoms with Crippen LogP contribution in [0.1, 0.15) is 32.3 Å². The number of carbonyl (C=O) groups is 2. The molecule has 1 amide bonds. The summed E-state index contributed by atoms with van der Waals surface area (Å²) >= 11 is 0. The highest BCUT2D eigenvalue weighted by Crippen LogP contribution is 2.10. The first-order valence-electron chi connectivity index (χ1n) is 6.59. The average molecular weight is 263 g/mol. The van der Waals surface area contributed by atoms with Gasteiger partial charge in [-0.25, -0.2) is 0 Å². The van der Waals surface area contributed by atoms with Crippen LogP contribution in [0, 0.1) is 5.92 Å². The van der Waals surface area contributed by atoms with Crippen LogP contribution in [-0.4, -0.2) is 28.4 Å². The van der Waals surface area contributed by atoms with Gasteiger partial charge in [0, 0.05) is 19.5 Å². The van der Waals surface area contributed by atoms with Gasteiger partial charge in [0.2, 0.25) is 5.91 Å². The Labute approximate surface area is 114 Å². The maximum absolute atomic E-state index is 12.0. The smallest absolute Gasteiger partial charge is 0.308 e. The number of carboxylic acids is 1. The molecule has 0 aliphatic heterocycles. The van der Waals surface area contributed by atoms with Crippen LogP contribution in [-0.2, 0) is 16.1 Å². The predicted octanol–water partition coefficient (Wildman–Crippen LogP) is 2.54. The van der Waals surface area contributed by atoms with E-state index < -0.39 is 11.9 Å². The zero-order valence-corrected chi connectivity index (χ0v) is 11.5. The quantitative estimate of drug-likeness (QED) is 0.822. The summed E-state index contributed by atoms with van der Waals surface area (Å²) in [5.41, 5.74) is 1.02. The molecule has 19 heavy (non-hydrogen) atoms. The largest absolute Gasteiger partial charge is 0.481 e. The number of hydrogen-bond acceptors (Lipinski definition) is 2. The first kappa shape index (κ1) is 15.2. The van der Waals surface area contributed by atoms with Crippen molar-refractivity contribution in [2.75, 3.05) is 6.54 Å². The predicted molar refractivity (Wildman–Crippen MR) is 73.6 cm³/mol. The van der Waals surface area contributed by atoms with Crippen LogP contribution in [0.3, 0.4) is 0 Å². The highest BCUT2D eigenvalue weighted by molar-refractivity contribution is 5.77. The topological polar surface area (TPSA) is 57.6 Å². The molecule has 1 atom stereocenters. The van der Waals surface area contributed by atoms with E-state index in [9.17, 15) is 9.59 Å². The van der Waals surface area contributed by atoms with Gasteiger partial charge >= 0.3 is 5.97 Å². The van der Waals surface area contributed by atoms with Gasteiger partial charge in [0.05, 0.1) is 5.92 Å². The molecule has 0 bridgehead atoms. The summed E-state index contributed by atoms with van der Waals surface area (Å²) in [7, 11) is 0. The van der Waals surface area contributed by atoms with Gasteiger partial charge < -0.3 is 10.0 Å². The van der Waals surface area contributed by atoms with Crippen molar-refractivity contribution in [1.82, 2.24) is 4.90 Å². The lowest BCUT2D eigenvalue weighted by atomic mass is 10.1. The molecule has 0 heterocycles. The van der Waals surface area contributed by atoms with E-state index in [0.717, 1.165) is 12.0 Å². The van der Waals surface area contributed by atoms with Crippen molar-refractivity contribution in [3.8, 4) is 0 Å². The second-order valence-electron chi connectivity index (χ2n) is 4.75. The molecule has 4 nitrogen and oxygen atoms in total. The van der Waals surface area contributed by atoms with Crippen molar-refractivity contribution in [3.63, 3.8) is 0 Å². The summed E-state index contributed by atoms with van der Waals surface area (Å²) < 4.78 is 0. The molecule has 0 aromatic heterocycles. The van der Waals surface area contributed by atoms with E-state index in [0.29, 0.717) is 13.0 Å². The molecule has 4 heteroatoms. The third-order valence-corrected chi connectivity index (χ3v) is 2.95. The number of rotatable bonds is 7. The Balaban J connectivity index is 2.74. The summed E-state index contributed by atoms with van der Waals surface area (Å²) in [6.07, 6.45) is 1.23. The molecule has 104 valence electrons. The SMILES string of the molecule is CCCC(=O)N(Cc1ccccc1)CC(C)C(=O)O. The van der Waals surface area contributed by atoms with E-state index in [4.69, 9.17) is 5.11 Å². The summed E-state index contributed by atoms with van der Waals surface area (Å²) in [4.78, 5) is 24.6. The third kappa shape index (κ3) is 5.12. The molecule has 0 saturated heterocycles. The summed E-state index contributed by atoms with van der Waals surface area (Å²) in [6, 6.07) is 9.63. The molecule has 1 unspecified atom stereocenters. The van der Waals surface area contributed by atoms with Crippen molar-refractivity contribution in [2.24, 2.45) is 5.92 Å². The fourth-order valence-electron chi connectivity index (χ4n) is 1.84. The zero-order chi connectivity index (χ0) is 14.3. The van der Waals surface area contributed by atoms with E-state index in [-0.39, 0.29) is 12.5 Å². The van der Waals surface area contributed by atoms with Gasteiger partial charge in [0.1, 0.15) is 0 Å². The van der Waals surface area contributed by atoms with E-state index in [1.54, 1.807) is 11.8 Å². The number of nitrogens with zero attached hydrogens (tertiary/aromatic N) is 1. The van der Waals surface area contributed by atoms with Gasteiger partial charge in [-0.3, -0.25) is 9.59 Å². The maximum Gasteiger partial charge on any atom is 0.308 e. The molecule has 0 aliphatic rings. The molecule has 1 aromatic rings. The lowest BCUT2D eigenvalue weighted by molar-refractivity contribution is -0.143. The fourth-order valence-corrected chi connectivity index (χ4v) is 1.84. The van der Waals surface area contributed by atoms with Crippen molar-refractivity contribution in [1.29, 1.82) is 0 Å². The van der Waals surface area contributed by atoms with Gasteiger partial charge in [0.25, 0.3) is 0 Å². The number of aliphatic carboxylic acids is 1. The van der Waals surface area contributed by atoms with Gasteiger partial charge in [-0.2, -0.15) is 0 Å². The first-order valence-corrected chi connectivity index (χ1v) is 6.59. The van der Waals surface area contributed by atoms with E-state index in [1.165, 1.54) is 0 Å². The number of carbonyl (C=O) groups excluding carboxylic acids is 1. The fraction of sp³-hybridized carbons (Fsp3) is 0.467. The first-order chi connectivity index (χ1) is 9.04. The average Bonchev–Trinajstić information content (AvgIpc) is 2.39. The van der Waals surface area contributed by atoms with Crippen LogP contribution < -0.4 is 0 Å². The summed E-state index contributed by atoms with van der Waals surface area (Å²) in [5, 5.41) is 8.97. The Kier molecular flexibility index (Phi) is 6.06. The Hall–Kier alpha value is -1.84. The molecular formula is C15H21NO3. The van der Waals surface area contributed by atoms with Crippen LogP contribution in [0.4, 0.5) is 0 Å². The van der Waals surface area contributed by atoms with Gasteiger partial charge in [0.15, 0.2) is 0 Å². The van der Waals surface area contributed by atoms with Gasteiger partial charge in [-0.05, 0) is 12.0 Å². The Morgan fingerprint density at radius 2 is 1.89 bits per heavy atom. The van der Waals surface area contributed by atoms with Crippen LogP contribution in [0.25, 0.3) is 0 Å². The molecule has 1 N–H and O–H groups in total. The van der Waals surface area contributed by atoms with Gasteiger partial charge in [-0.15, -0.1) is 0 Å². The molecule has 0 aliphatic carbocycles. The van der Waals surface area contributed by atoms with E-state index in [1.807, 2.05) is 37.3 Å². The molecule has 0 radical (unpaired) electrons. The molecule has 1 aromatic carbocycles. The van der Waals surface area contributed by atoms with E-state index in [2.05, 4.69) is 0 Å². The Bertz CT molecular complexity index is 417. The van der Waals surface area contributed by atoms with Gasteiger partial charge in [-0.1, -0.05) is 44.2 Å². The minimum Gasteiger partial charge on any atom is -0.481 e. The zero-order valence-electron chi connectivity index (χ0n) is 11.5. The van der Waals surface area contributed by atoms with Crippen LogP contribution in [0.5, 0.6) is 0 Å². The van der Waals surface area contributed by atoms with Crippen molar-refractivity contribution >= 4 is 11.9 Å². The lowest BCUT2D eigenvalue weighted by Gasteiger charge is -2.24. The van der Waals surface area contributed by atoms with E-state index >= 15 is 0 Å². The minimum absolute atomic E-state index is 0.0134. The summed E-state index contributed by atoms with van der Waals surface area (Å²) in [6.45, 7) is 4.29. The molecular weight excluding hydrogens is 242 g/mol. The van der Waals surface area contributed by atoms with Crippen molar-refractivity contribution in [2.45, 2.75) is 33.2 Å². The van der Waals surface area contributed by atoms with Crippen LogP contribution in [0.15, 0.2) is 30.3 Å². The number of benzene rings is 1. The van der Waals surface area contributed by atoms with Crippen molar-refractivity contribution in [3.05, 3.63) is 35.9 Å². The maximum atomic E-state index is 12.0. The van der Waals surface area contributed by atoms with Crippen LogP contribution in [0.2, 0.25) is 0 Å². The highest BCUT2D eigenvalue weighted by atomic mass is 16.4. The second kappa shape index (κ2) is 7.56. The van der Waals surface area contributed by atoms with Crippen LogP contribution >= 0.6 is 0 Å². The lowest BCUT2D eigenvalue weighted by Crippen LogP contribution is -2.36. The number of amides is 1. The summed E-state index contributed by atoms with van der Waals surface area (Å²) in [5.74, 6) is -1.41. The Morgan fingerprint density at radius 3 is 2.42 bits per heavy atom. The minimum atomic E-state index is -0.873.